The summed E-state index contributed by atoms with van der Waals surface area (Å²) in [6, 6.07) is 4.11. The molecular formula is C20H29N3O3. The molecule has 1 aromatic rings. The van der Waals surface area contributed by atoms with Crippen molar-refractivity contribution in [3.63, 3.8) is 0 Å². The molecule has 6 heteroatoms. The molecule has 0 aliphatic carbocycles. The molecule has 2 fully saturated rings. The first-order chi connectivity index (χ1) is 12.3. The maximum Gasteiger partial charge on any atom is 0.410 e. The number of rotatable bonds is 2. The lowest BCUT2D eigenvalue weighted by Gasteiger charge is -2.36. The number of pyridine rings is 1. The van der Waals surface area contributed by atoms with Crippen LogP contribution in [0.3, 0.4) is 0 Å². The number of hydrogen-bond donors (Lipinski definition) is 0. The molecule has 6 nitrogen and oxygen atoms in total. The molecule has 3 rings (SSSR count). The first kappa shape index (κ1) is 18.7. The van der Waals surface area contributed by atoms with Gasteiger partial charge in [-0.1, -0.05) is 0 Å². The Hall–Kier alpha value is -2.11. The van der Waals surface area contributed by atoms with Crippen LogP contribution >= 0.6 is 0 Å². The summed E-state index contributed by atoms with van der Waals surface area (Å²) in [7, 11) is 0. The molecule has 3 heterocycles. The smallest absolute Gasteiger partial charge is 0.410 e. The van der Waals surface area contributed by atoms with E-state index in [4.69, 9.17) is 4.74 Å². The first-order valence-corrected chi connectivity index (χ1v) is 9.53. The van der Waals surface area contributed by atoms with Crippen molar-refractivity contribution >= 4 is 12.0 Å². The van der Waals surface area contributed by atoms with Crippen LogP contribution in [0.25, 0.3) is 0 Å². The van der Waals surface area contributed by atoms with Crippen molar-refractivity contribution in [1.82, 2.24) is 14.8 Å². The van der Waals surface area contributed by atoms with Crippen LogP contribution in [0.5, 0.6) is 0 Å². The summed E-state index contributed by atoms with van der Waals surface area (Å²) in [6.07, 6.45) is 6.91. The molecule has 0 saturated carbocycles. The second-order valence-electron chi connectivity index (χ2n) is 8.24. The summed E-state index contributed by atoms with van der Waals surface area (Å²) < 4.78 is 5.48. The number of carbonyl (C=O) groups excluding carboxylic acids is 2. The second kappa shape index (κ2) is 7.64. The van der Waals surface area contributed by atoms with E-state index in [0.29, 0.717) is 13.1 Å². The second-order valence-corrected chi connectivity index (χ2v) is 8.24. The summed E-state index contributed by atoms with van der Waals surface area (Å²) >= 11 is 0. The van der Waals surface area contributed by atoms with Gasteiger partial charge in [0, 0.05) is 32.0 Å². The van der Waals surface area contributed by atoms with Crippen molar-refractivity contribution in [3.8, 4) is 0 Å². The normalized spacial score (nSPS) is 23.8. The highest BCUT2D eigenvalue weighted by Crippen LogP contribution is 2.34. The molecule has 0 spiro atoms. The van der Waals surface area contributed by atoms with Crippen LogP contribution in [0.15, 0.2) is 24.5 Å². The van der Waals surface area contributed by atoms with Gasteiger partial charge in [-0.05, 0) is 64.2 Å². The van der Waals surface area contributed by atoms with Gasteiger partial charge in [-0.25, -0.2) is 4.79 Å². The van der Waals surface area contributed by atoms with Crippen molar-refractivity contribution in [2.24, 2.45) is 5.92 Å². The van der Waals surface area contributed by atoms with Gasteiger partial charge in [0.2, 0.25) is 5.91 Å². The van der Waals surface area contributed by atoms with Crippen LogP contribution in [0.2, 0.25) is 0 Å². The van der Waals surface area contributed by atoms with Crippen LogP contribution in [0, 0.1) is 5.92 Å². The highest BCUT2D eigenvalue weighted by Gasteiger charge is 2.37. The van der Waals surface area contributed by atoms with Gasteiger partial charge >= 0.3 is 6.09 Å². The van der Waals surface area contributed by atoms with E-state index in [1.807, 2.05) is 37.8 Å². The number of nitrogens with zero attached hydrogens (tertiary/aromatic N) is 3. The molecule has 2 amide bonds. The average molecular weight is 359 g/mol. The Balaban J connectivity index is 1.66. The monoisotopic (exact) mass is 359 g/mol. The standard InChI is InChI=1S/C20H29N3O3/c1-20(2,3)26-19(25)22-12-4-6-16(14-22)18(24)23-13-5-7-17(23)15-8-10-21-11-9-15/h8-11,16-17H,4-7,12-14H2,1-3H3/t16-,17-/m0/s1. The Bertz CT molecular complexity index is 641. The Morgan fingerprint density at radius 1 is 1.12 bits per heavy atom. The lowest BCUT2D eigenvalue weighted by molar-refractivity contribution is -0.138. The molecule has 26 heavy (non-hydrogen) atoms. The fourth-order valence-corrected chi connectivity index (χ4v) is 3.87. The molecule has 142 valence electrons. The minimum atomic E-state index is -0.518. The minimum absolute atomic E-state index is 0.127. The molecule has 0 radical (unpaired) electrons. The van der Waals surface area contributed by atoms with E-state index in [9.17, 15) is 9.59 Å². The molecule has 0 bridgehead atoms. The fraction of sp³-hybridized carbons (Fsp3) is 0.650. The quantitative estimate of drug-likeness (QED) is 0.812. The zero-order valence-corrected chi connectivity index (χ0v) is 16.0. The van der Waals surface area contributed by atoms with Crippen molar-refractivity contribution in [3.05, 3.63) is 30.1 Å². The Labute approximate surface area is 155 Å². The van der Waals surface area contributed by atoms with E-state index in [0.717, 1.165) is 37.8 Å². The highest BCUT2D eigenvalue weighted by atomic mass is 16.6. The SMILES string of the molecule is CC(C)(C)OC(=O)N1CCC[C@H](C(=O)N2CCC[C@H]2c2ccncc2)C1. The number of aromatic nitrogens is 1. The molecule has 2 saturated heterocycles. The zero-order chi connectivity index (χ0) is 18.7. The first-order valence-electron chi connectivity index (χ1n) is 9.53. The van der Waals surface area contributed by atoms with E-state index in [1.165, 1.54) is 0 Å². The van der Waals surface area contributed by atoms with Crippen LogP contribution in [0.4, 0.5) is 4.79 Å². The molecular weight excluding hydrogens is 330 g/mol. The number of ether oxygens (including phenoxy) is 1. The molecule has 1 aromatic heterocycles. The number of likely N-dealkylation sites (tertiary alicyclic amines) is 2. The van der Waals surface area contributed by atoms with E-state index >= 15 is 0 Å². The molecule has 2 aliphatic heterocycles. The van der Waals surface area contributed by atoms with Crippen LogP contribution in [-0.4, -0.2) is 52.0 Å². The van der Waals surface area contributed by atoms with Crippen molar-refractivity contribution < 1.29 is 14.3 Å². The predicted molar refractivity (Wildman–Crippen MR) is 98.5 cm³/mol. The van der Waals surface area contributed by atoms with Gasteiger partial charge in [0.1, 0.15) is 5.60 Å². The van der Waals surface area contributed by atoms with E-state index in [1.54, 1.807) is 17.3 Å². The number of hydrogen-bond acceptors (Lipinski definition) is 4. The van der Waals surface area contributed by atoms with E-state index in [-0.39, 0.29) is 24.0 Å². The lowest BCUT2D eigenvalue weighted by atomic mass is 9.95. The van der Waals surface area contributed by atoms with Gasteiger partial charge in [-0.15, -0.1) is 0 Å². The third-order valence-electron chi connectivity index (χ3n) is 5.05. The average Bonchev–Trinajstić information content (AvgIpc) is 3.10. The molecule has 0 aromatic carbocycles. The fourth-order valence-electron chi connectivity index (χ4n) is 3.87. The van der Waals surface area contributed by atoms with Crippen LogP contribution in [-0.2, 0) is 9.53 Å². The van der Waals surface area contributed by atoms with Gasteiger partial charge in [0.25, 0.3) is 0 Å². The Morgan fingerprint density at radius 2 is 1.81 bits per heavy atom. The Morgan fingerprint density at radius 3 is 2.50 bits per heavy atom. The van der Waals surface area contributed by atoms with Crippen LogP contribution < -0.4 is 0 Å². The topological polar surface area (TPSA) is 62.7 Å². The largest absolute Gasteiger partial charge is 0.444 e. The number of piperidine rings is 1. The third kappa shape index (κ3) is 4.34. The van der Waals surface area contributed by atoms with Crippen molar-refractivity contribution in [2.45, 2.75) is 58.1 Å². The summed E-state index contributed by atoms with van der Waals surface area (Å²) in [5.41, 5.74) is 0.626. The molecule has 0 N–H and O–H groups in total. The maximum atomic E-state index is 13.2. The van der Waals surface area contributed by atoms with Gasteiger partial charge in [-0.3, -0.25) is 9.78 Å². The predicted octanol–water partition coefficient (Wildman–Crippen LogP) is 3.39. The number of amides is 2. The van der Waals surface area contributed by atoms with Gasteiger partial charge in [0.05, 0.1) is 12.0 Å². The van der Waals surface area contributed by atoms with Crippen molar-refractivity contribution in [1.29, 1.82) is 0 Å². The van der Waals surface area contributed by atoms with E-state index < -0.39 is 5.60 Å². The third-order valence-corrected chi connectivity index (χ3v) is 5.05. The van der Waals surface area contributed by atoms with Gasteiger partial charge in [0.15, 0.2) is 0 Å². The molecule has 2 atom stereocenters. The number of carbonyl (C=O) groups is 2. The lowest BCUT2D eigenvalue weighted by Crippen LogP contribution is -2.47. The van der Waals surface area contributed by atoms with Crippen LogP contribution in [0.1, 0.15) is 58.1 Å². The summed E-state index contributed by atoms with van der Waals surface area (Å²) in [6.45, 7) is 7.48. The van der Waals surface area contributed by atoms with E-state index in [2.05, 4.69) is 4.98 Å². The van der Waals surface area contributed by atoms with Gasteiger partial charge in [-0.2, -0.15) is 0 Å². The van der Waals surface area contributed by atoms with Crippen molar-refractivity contribution in [2.75, 3.05) is 19.6 Å². The molecule has 0 unspecified atom stereocenters. The highest BCUT2D eigenvalue weighted by molar-refractivity contribution is 5.81. The van der Waals surface area contributed by atoms with Gasteiger partial charge < -0.3 is 14.5 Å². The Kier molecular flexibility index (Phi) is 5.49. The molecule has 2 aliphatic rings. The minimum Gasteiger partial charge on any atom is -0.444 e. The summed E-state index contributed by atoms with van der Waals surface area (Å²) in [4.78, 5) is 33.3. The maximum absolute atomic E-state index is 13.2. The zero-order valence-electron chi connectivity index (χ0n) is 16.0. The summed E-state index contributed by atoms with van der Waals surface area (Å²) in [5.74, 6) is 0.0243. The summed E-state index contributed by atoms with van der Waals surface area (Å²) in [5, 5.41) is 0.